The van der Waals surface area contributed by atoms with Crippen LogP contribution in [0.2, 0.25) is 0 Å². The van der Waals surface area contributed by atoms with Gasteiger partial charge in [-0.2, -0.15) is 0 Å². The highest BCUT2D eigenvalue weighted by molar-refractivity contribution is 8.02. The minimum Gasteiger partial charge on any atom is -0.388 e. The lowest BCUT2D eigenvalue weighted by atomic mass is 9.66. The average Bonchev–Trinajstić information content (AvgIpc) is 2.16. The third-order valence-corrected chi connectivity index (χ3v) is 5.98. The third kappa shape index (κ3) is 2.28. The summed E-state index contributed by atoms with van der Waals surface area (Å²) in [6.07, 6.45) is 9.60. The summed E-state index contributed by atoms with van der Waals surface area (Å²) >= 11 is 2.06. The van der Waals surface area contributed by atoms with Gasteiger partial charge in [0.2, 0.25) is 0 Å². The van der Waals surface area contributed by atoms with Crippen molar-refractivity contribution in [3.05, 3.63) is 0 Å². The van der Waals surface area contributed by atoms with Gasteiger partial charge < -0.3 is 5.11 Å². The average molecular weight is 242 g/mol. The molecule has 2 aliphatic rings. The minimum atomic E-state index is -0.360. The Hall–Kier alpha value is 0.310. The first kappa shape index (κ1) is 12.8. The molecule has 0 radical (unpaired) electrons. The van der Waals surface area contributed by atoms with Crippen LogP contribution in [0.1, 0.15) is 72.1 Å². The lowest BCUT2D eigenvalue weighted by Crippen LogP contribution is -2.57. The van der Waals surface area contributed by atoms with E-state index in [1.54, 1.807) is 0 Å². The van der Waals surface area contributed by atoms with Crippen LogP contribution in [0.15, 0.2) is 0 Å². The van der Waals surface area contributed by atoms with Gasteiger partial charge in [0.15, 0.2) is 0 Å². The number of fused-ring (bicyclic) bond motifs is 1. The fraction of sp³-hybridized carbons (Fsp3) is 1.00. The predicted octanol–water partition coefficient (Wildman–Crippen LogP) is 4.14. The highest BCUT2D eigenvalue weighted by Crippen LogP contribution is 2.57. The molecule has 0 atom stereocenters. The summed E-state index contributed by atoms with van der Waals surface area (Å²) in [7, 11) is 0. The molecular formula is C14H26OS. The molecule has 2 fully saturated rings. The van der Waals surface area contributed by atoms with Crippen molar-refractivity contribution in [2.75, 3.05) is 0 Å². The van der Waals surface area contributed by atoms with Crippen LogP contribution in [-0.4, -0.2) is 20.2 Å². The molecule has 2 heteroatoms. The molecule has 1 N–H and O–H groups in total. The van der Waals surface area contributed by atoms with Crippen LogP contribution in [0.25, 0.3) is 0 Å². The normalized spacial score (nSPS) is 40.5. The molecule has 0 heterocycles. The van der Waals surface area contributed by atoms with Gasteiger partial charge in [-0.25, -0.2) is 0 Å². The van der Waals surface area contributed by atoms with E-state index in [-0.39, 0.29) is 15.1 Å². The Morgan fingerprint density at radius 2 is 1.31 bits per heavy atom. The van der Waals surface area contributed by atoms with Gasteiger partial charge in [-0.15, -0.1) is 11.8 Å². The Morgan fingerprint density at radius 3 is 1.75 bits per heavy atom. The number of thioether (sulfide) groups is 1. The standard InChI is InChI=1S/C14H26OS/c1-12(2,3)16-14-10-6-4-8-13(14,15)9-5-7-11-14/h15H,4-11H2,1-3H3. The smallest absolute Gasteiger partial charge is 0.0793 e. The van der Waals surface area contributed by atoms with Crippen molar-refractivity contribution in [1.29, 1.82) is 0 Å². The van der Waals surface area contributed by atoms with Crippen molar-refractivity contribution in [3.63, 3.8) is 0 Å². The summed E-state index contributed by atoms with van der Waals surface area (Å²) in [5, 5.41) is 11.0. The first-order valence-corrected chi connectivity index (χ1v) is 7.61. The molecule has 0 aromatic rings. The number of aliphatic hydroxyl groups is 1. The van der Waals surface area contributed by atoms with E-state index in [1.165, 1.54) is 38.5 Å². The van der Waals surface area contributed by atoms with Crippen LogP contribution in [0.3, 0.4) is 0 Å². The fourth-order valence-corrected chi connectivity index (χ4v) is 5.67. The van der Waals surface area contributed by atoms with Gasteiger partial charge in [0, 0.05) is 9.49 Å². The summed E-state index contributed by atoms with van der Waals surface area (Å²) in [5.74, 6) is 0. The number of hydrogen-bond donors (Lipinski definition) is 1. The first-order valence-electron chi connectivity index (χ1n) is 6.80. The maximum atomic E-state index is 11.0. The monoisotopic (exact) mass is 242 g/mol. The maximum absolute atomic E-state index is 11.0. The van der Waals surface area contributed by atoms with Gasteiger partial charge in [0.05, 0.1) is 5.60 Å². The zero-order chi connectivity index (χ0) is 11.9. The molecule has 0 saturated heterocycles. The van der Waals surface area contributed by atoms with Crippen molar-refractivity contribution in [2.45, 2.75) is 87.2 Å². The second-order valence-corrected chi connectivity index (χ2v) is 8.86. The van der Waals surface area contributed by atoms with Gasteiger partial charge in [0.25, 0.3) is 0 Å². The first-order chi connectivity index (χ1) is 7.37. The summed E-state index contributed by atoms with van der Waals surface area (Å²) < 4.78 is 0.435. The summed E-state index contributed by atoms with van der Waals surface area (Å²) in [6.45, 7) is 6.86. The number of hydrogen-bond acceptors (Lipinski definition) is 2. The third-order valence-electron chi connectivity index (χ3n) is 4.19. The van der Waals surface area contributed by atoms with Crippen molar-refractivity contribution in [3.8, 4) is 0 Å². The second kappa shape index (κ2) is 4.20. The quantitative estimate of drug-likeness (QED) is 0.746. The molecule has 2 aliphatic carbocycles. The summed E-state index contributed by atoms with van der Waals surface area (Å²) in [4.78, 5) is 0. The van der Waals surface area contributed by atoms with Crippen molar-refractivity contribution < 1.29 is 5.11 Å². The van der Waals surface area contributed by atoms with Crippen LogP contribution in [0, 0.1) is 0 Å². The van der Waals surface area contributed by atoms with E-state index in [1.807, 2.05) is 0 Å². The predicted molar refractivity (Wildman–Crippen MR) is 72.0 cm³/mol. The van der Waals surface area contributed by atoms with Gasteiger partial charge >= 0.3 is 0 Å². The van der Waals surface area contributed by atoms with Crippen LogP contribution >= 0.6 is 11.8 Å². The zero-order valence-electron chi connectivity index (χ0n) is 11.0. The van der Waals surface area contributed by atoms with Gasteiger partial charge in [0.1, 0.15) is 0 Å². The molecule has 0 bridgehead atoms. The Bertz CT molecular complexity index is 242. The lowest BCUT2D eigenvalue weighted by Gasteiger charge is -2.55. The van der Waals surface area contributed by atoms with E-state index in [2.05, 4.69) is 32.5 Å². The van der Waals surface area contributed by atoms with Crippen molar-refractivity contribution >= 4 is 11.8 Å². The Labute approximate surface area is 104 Å². The van der Waals surface area contributed by atoms with Gasteiger partial charge in [-0.3, -0.25) is 0 Å². The molecule has 0 unspecified atom stereocenters. The fourth-order valence-electron chi connectivity index (χ4n) is 3.61. The van der Waals surface area contributed by atoms with E-state index in [4.69, 9.17) is 0 Å². The van der Waals surface area contributed by atoms with E-state index < -0.39 is 0 Å². The molecule has 0 aromatic carbocycles. The van der Waals surface area contributed by atoms with E-state index in [0.717, 1.165) is 12.8 Å². The molecule has 0 aliphatic heterocycles. The topological polar surface area (TPSA) is 20.2 Å². The zero-order valence-corrected chi connectivity index (χ0v) is 11.8. The lowest BCUT2D eigenvalue weighted by molar-refractivity contribution is -0.0563. The molecule has 2 saturated carbocycles. The van der Waals surface area contributed by atoms with Crippen LogP contribution in [0.5, 0.6) is 0 Å². The maximum Gasteiger partial charge on any atom is 0.0793 e. The number of rotatable bonds is 1. The molecule has 0 spiro atoms. The van der Waals surface area contributed by atoms with Crippen LogP contribution in [0.4, 0.5) is 0 Å². The highest BCUT2D eigenvalue weighted by Gasteiger charge is 2.54. The minimum absolute atomic E-state index is 0.168. The molecular weight excluding hydrogens is 216 g/mol. The molecule has 16 heavy (non-hydrogen) atoms. The molecule has 1 nitrogen and oxygen atoms in total. The van der Waals surface area contributed by atoms with E-state index >= 15 is 0 Å². The Morgan fingerprint density at radius 1 is 0.875 bits per heavy atom. The van der Waals surface area contributed by atoms with E-state index in [9.17, 15) is 5.11 Å². The van der Waals surface area contributed by atoms with Gasteiger partial charge in [-0.1, -0.05) is 46.5 Å². The van der Waals surface area contributed by atoms with Crippen LogP contribution < -0.4 is 0 Å². The largest absolute Gasteiger partial charge is 0.388 e. The molecule has 94 valence electrons. The van der Waals surface area contributed by atoms with Crippen molar-refractivity contribution in [1.82, 2.24) is 0 Å². The van der Waals surface area contributed by atoms with E-state index in [0.29, 0.717) is 0 Å². The highest BCUT2D eigenvalue weighted by atomic mass is 32.2. The molecule has 0 amide bonds. The summed E-state index contributed by atoms with van der Waals surface area (Å²) in [6, 6.07) is 0. The van der Waals surface area contributed by atoms with Crippen molar-refractivity contribution in [2.24, 2.45) is 0 Å². The SMILES string of the molecule is CC(C)(C)SC12CCCCC1(O)CCCC2. The molecule has 2 rings (SSSR count). The Balaban J connectivity index is 2.24. The Kier molecular flexibility index (Phi) is 3.35. The second-order valence-electron chi connectivity index (χ2n) is 6.65. The summed E-state index contributed by atoms with van der Waals surface area (Å²) in [5.41, 5.74) is -0.360. The van der Waals surface area contributed by atoms with Gasteiger partial charge in [-0.05, 0) is 25.7 Å². The van der Waals surface area contributed by atoms with Crippen LogP contribution in [-0.2, 0) is 0 Å². The molecule has 0 aromatic heterocycles.